The minimum atomic E-state index is -0.0156. The first-order valence-corrected chi connectivity index (χ1v) is 7.20. The van der Waals surface area contributed by atoms with Crippen molar-refractivity contribution in [2.24, 2.45) is 0 Å². The Labute approximate surface area is 128 Å². The van der Waals surface area contributed by atoms with E-state index in [2.05, 4.69) is 0 Å². The molecule has 0 saturated carbocycles. The van der Waals surface area contributed by atoms with Crippen LogP contribution in [-0.2, 0) is 13.0 Å². The third-order valence-electron chi connectivity index (χ3n) is 3.47. The van der Waals surface area contributed by atoms with E-state index in [1.165, 1.54) is 6.92 Å². The summed E-state index contributed by atoms with van der Waals surface area (Å²) in [6.07, 6.45) is 0.868. The van der Waals surface area contributed by atoms with E-state index < -0.39 is 0 Å². The van der Waals surface area contributed by atoms with Gasteiger partial charge in [-0.05, 0) is 36.8 Å². The molecule has 0 amide bonds. The van der Waals surface area contributed by atoms with E-state index in [1.54, 1.807) is 12.1 Å². The molecular formula is C17H15ClO3. The van der Waals surface area contributed by atoms with Crippen LogP contribution in [-0.4, -0.2) is 12.4 Å². The van der Waals surface area contributed by atoms with Crippen LogP contribution in [0, 0.1) is 0 Å². The number of hydrogen-bond donors (Lipinski definition) is 0. The van der Waals surface area contributed by atoms with E-state index in [1.807, 2.05) is 24.3 Å². The van der Waals surface area contributed by atoms with Crippen LogP contribution in [0.1, 0.15) is 28.4 Å². The fourth-order valence-corrected chi connectivity index (χ4v) is 2.76. The lowest BCUT2D eigenvalue weighted by Gasteiger charge is -2.12. The average Bonchev–Trinajstić information content (AvgIpc) is 2.93. The summed E-state index contributed by atoms with van der Waals surface area (Å²) in [5.41, 5.74) is 2.60. The topological polar surface area (TPSA) is 35.5 Å². The molecule has 0 atom stereocenters. The van der Waals surface area contributed by atoms with Crippen LogP contribution in [0.25, 0.3) is 0 Å². The number of para-hydroxylation sites is 1. The molecule has 0 radical (unpaired) electrons. The van der Waals surface area contributed by atoms with Crippen molar-refractivity contribution >= 4 is 17.4 Å². The van der Waals surface area contributed by atoms with Crippen LogP contribution >= 0.6 is 11.6 Å². The highest BCUT2D eigenvalue weighted by Gasteiger charge is 2.18. The van der Waals surface area contributed by atoms with Gasteiger partial charge in [-0.15, -0.1) is 0 Å². The molecule has 0 aromatic heterocycles. The summed E-state index contributed by atoms with van der Waals surface area (Å²) in [4.78, 5) is 11.6. The van der Waals surface area contributed by atoms with Crippen LogP contribution in [0.15, 0.2) is 36.4 Å². The van der Waals surface area contributed by atoms with Crippen LogP contribution in [0.4, 0.5) is 0 Å². The van der Waals surface area contributed by atoms with E-state index in [4.69, 9.17) is 21.1 Å². The molecule has 1 aliphatic rings. The lowest BCUT2D eigenvalue weighted by Crippen LogP contribution is -2.02. The van der Waals surface area contributed by atoms with Gasteiger partial charge in [0.15, 0.2) is 5.78 Å². The molecule has 0 aliphatic carbocycles. The number of halogens is 1. The first-order valence-electron chi connectivity index (χ1n) is 6.82. The molecule has 3 rings (SSSR count). The summed E-state index contributed by atoms with van der Waals surface area (Å²) >= 11 is 6.13. The predicted octanol–water partition coefficient (Wildman–Crippen LogP) is 4.06. The van der Waals surface area contributed by atoms with Crippen LogP contribution in [0.3, 0.4) is 0 Å². The van der Waals surface area contributed by atoms with E-state index in [0.29, 0.717) is 29.5 Å². The second kappa shape index (κ2) is 5.78. The van der Waals surface area contributed by atoms with Gasteiger partial charge in [0.2, 0.25) is 0 Å². The maximum Gasteiger partial charge on any atom is 0.163 e. The van der Waals surface area contributed by atoms with Gasteiger partial charge in [0, 0.05) is 17.0 Å². The lowest BCUT2D eigenvalue weighted by molar-refractivity contribution is 0.101. The van der Waals surface area contributed by atoms with E-state index in [9.17, 15) is 4.79 Å². The van der Waals surface area contributed by atoms with Gasteiger partial charge in [-0.2, -0.15) is 0 Å². The van der Waals surface area contributed by atoms with Gasteiger partial charge in [0.05, 0.1) is 12.2 Å². The lowest BCUT2D eigenvalue weighted by atomic mass is 10.1. The summed E-state index contributed by atoms with van der Waals surface area (Å²) in [5.74, 6) is 1.43. The molecule has 0 fully saturated rings. The van der Waals surface area contributed by atoms with Crippen molar-refractivity contribution in [3.05, 3.63) is 58.1 Å². The SMILES string of the molecule is CC(=O)c1ccccc1OCc1cc(Cl)cc2c1OCC2. The summed E-state index contributed by atoms with van der Waals surface area (Å²) in [5, 5.41) is 0.678. The molecule has 21 heavy (non-hydrogen) atoms. The molecule has 4 heteroatoms. The zero-order valence-corrected chi connectivity index (χ0v) is 12.4. The zero-order valence-electron chi connectivity index (χ0n) is 11.7. The summed E-state index contributed by atoms with van der Waals surface area (Å²) in [7, 11) is 0. The van der Waals surface area contributed by atoms with Crippen molar-refractivity contribution in [3.63, 3.8) is 0 Å². The second-order valence-electron chi connectivity index (χ2n) is 4.99. The number of ether oxygens (including phenoxy) is 2. The van der Waals surface area contributed by atoms with Crippen LogP contribution in [0.5, 0.6) is 11.5 Å². The molecule has 2 aromatic rings. The minimum Gasteiger partial charge on any atom is -0.493 e. The predicted molar refractivity (Wildman–Crippen MR) is 81.4 cm³/mol. The molecule has 1 heterocycles. The highest BCUT2D eigenvalue weighted by atomic mass is 35.5. The molecule has 0 bridgehead atoms. The van der Waals surface area contributed by atoms with Crippen molar-refractivity contribution < 1.29 is 14.3 Å². The Morgan fingerprint density at radius 1 is 1.33 bits per heavy atom. The zero-order chi connectivity index (χ0) is 14.8. The van der Waals surface area contributed by atoms with Gasteiger partial charge in [0.1, 0.15) is 18.1 Å². The fourth-order valence-electron chi connectivity index (χ4n) is 2.49. The van der Waals surface area contributed by atoms with Crippen molar-refractivity contribution in [1.82, 2.24) is 0 Å². The number of ketones is 1. The number of hydrogen-bond acceptors (Lipinski definition) is 3. The average molecular weight is 303 g/mol. The Balaban J connectivity index is 1.85. The van der Waals surface area contributed by atoms with E-state index >= 15 is 0 Å². The maximum absolute atomic E-state index is 11.6. The molecular weight excluding hydrogens is 288 g/mol. The Morgan fingerprint density at radius 3 is 2.95 bits per heavy atom. The molecule has 108 valence electrons. The summed E-state index contributed by atoms with van der Waals surface area (Å²) in [6, 6.07) is 11.0. The number of carbonyl (C=O) groups is 1. The molecule has 1 aliphatic heterocycles. The standard InChI is InChI=1S/C17H15ClO3/c1-11(19)15-4-2-3-5-16(15)21-10-13-9-14(18)8-12-6-7-20-17(12)13/h2-5,8-9H,6-7,10H2,1H3. The Morgan fingerprint density at radius 2 is 2.14 bits per heavy atom. The highest BCUT2D eigenvalue weighted by molar-refractivity contribution is 6.30. The number of Topliss-reactive ketones (excluding diaryl/α,β-unsaturated/α-hetero) is 1. The van der Waals surface area contributed by atoms with Gasteiger partial charge in [0.25, 0.3) is 0 Å². The highest BCUT2D eigenvalue weighted by Crippen LogP contribution is 2.33. The first kappa shape index (κ1) is 14.0. The van der Waals surface area contributed by atoms with E-state index in [-0.39, 0.29) is 5.78 Å². The molecule has 0 spiro atoms. The molecule has 0 N–H and O–H groups in total. The Kier molecular flexibility index (Phi) is 3.84. The quantitative estimate of drug-likeness (QED) is 0.799. The first-order chi connectivity index (χ1) is 10.1. The minimum absolute atomic E-state index is 0.0156. The van der Waals surface area contributed by atoms with Gasteiger partial charge in [-0.25, -0.2) is 0 Å². The number of rotatable bonds is 4. The Hall–Kier alpha value is -2.00. The maximum atomic E-state index is 11.6. The van der Waals surface area contributed by atoms with Crippen molar-refractivity contribution in [1.29, 1.82) is 0 Å². The van der Waals surface area contributed by atoms with Crippen molar-refractivity contribution in [3.8, 4) is 11.5 Å². The van der Waals surface area contributed by atoms with Crippen LogP contribution in [0.2, 0.25) is 5.02 Å². The van der Waals surface area contributed by atoms with E-state index in [0.717, 1.165) is 23.3 Å². The van der Waals surface area contributed by atoms with Gasteiger partial charge >= 0.3 is 0 Å². The number of carbonyl (C=O) groups excluding carboxylic acids is 1. The van der Waals surface area contributed by atoms with Gasteiger partial charge in [-0.1, -0.05) is 23.7 Å². The molecule has 2 aromatic carbocycles. The second-order valence-corrected chi connectivity index (χ2v) is 5.43. The fraction of sp³-hybridized carbons (Fsp3) is 0.235. The number of fused-ring (bicyclic) bond motifs is 1. The monoisotopic (exact) mass is 302 g/mol. The third-order valence-corrected chi connectivity index (χ3v) is 3.69. The Bertz CT molecular complexity index is 694. The normalized spacial score (nSPS) is 12.7. The van der Waals surface area contributed by atoms with Crippen molar-refractivity contribution in [2.75, 3.05) is 6.61 Å². The van der Waals surface area contributed by atoms with Crippen molar-refractivity contribution in [2.45, 2.75) is 20.0 Å². The molecule has 3 nitrogen and oxygen atoms in total. The molecule has 0 saturated heterocycles. The summed E-state index contributed by atoms with van der Waals surface area (Å²) < 4.78 is 11.5. The summed E-state index contributed by atoms with van der Waals surface area (Å²) in [6.45, 7) is 2.53. The third kappa shape index (κ3) is 2.88. The van der Waals surface area contributed by atoms with Crippen LogP contribution < -0.4 is 9.47 Å². The van der Waals surface area contributed by atoms with Gasteiger partial charge in [-0.3, -0.25) is 4.79 Å². The smallest absolute Gasteiger partial charge is 0.163 e. The molecule has 0 unspecified atom stereocenters. The number of benzene rings is 2. The van der Waals surface area contributed by atoms with Gasteiger partial charge < -0.3 is 9.47 Å². The largest absolute Gasteiger partial charge is 0.493 e.